The lowest BCUT2D eigenvalue weighted by molar-refractivity contribution is -0.122. The van der Waals surface area contributed by atoms with Gasteiger partial charge in [0.05, 0.1) is 11.8 Å². The number of hydrogen-bond acceptors (Lipinski definition) is 5. The van der Waals surface area contributed by atoms with E-state index >= 15 is 0 Å². The van der Waals surface area contributed by atoms with Crippen LogP contribution in [0.2, 0.25) is 0 Å². The van der Waals surface area contributed by atoms with Crippen LogP contribution in [0.15, 0.2) is 12.1 Å². The number of carbonyl (C=O) groups is 1. The van der Waals surface area contributed by atoms with Crippen LogP contribution in [-0.4, -0.2) is 30.6 Å². The highest BCUT2D eigenvalue weighted by Crippen LogP contribution is 2.16. The summed E-state index contributed by atoms with van der Waals surface area (Å²) in [7, 11) is 0. The van der Waals surface area contributed by atoms with Crippen LogP contribution in [0.25, 0.3) is 0 Å². The summed E-state index contributed by atoms with van der Waals surface area (Å²) < 4.78 is 5.48. The lowest BCUT2D eigenvalue weighted by Crippen LogP contribution is -2.29. The minimum absolute atomic E-state index is 0.0167. The van der Waals surface area contributed by atoms with E-state index in [9.17, 15) is 4.79 Å². The number of nitrogens with zero attached hydrogens (tertiary/aromatic N) is 2. The highest BCUT2D eigenvalue weighted by atomic mass is 16.5. The first-order valence-electron chi connectivity index (χ1n) is 6.96. The maximum Gasteiger partial charge on any atom is 0.258 e. The van der Waals surface area contributed by atoms with Crippen molar-refractivity contribution in [3.8, 4) is 11.8 Å². The van der Waals surface area contributed by atoms with Gasteiger partial charge < -0.3 is 15.4 Å². The third kappa shape index (κ3) is 6.72. The van der Waals surface area contributed by atoms with Crippen molar-refractivity contribution in [1.82, 2.24) is 15.6 Å². The van der Waals surface area contributed by atoms with Gasteiger partial charge in [0.1, 0.15) is 12.3 Å². The molecule has 0 aromatic carbocycles. The second-order valence-electron chi connectivity index (χ2n) is 5.15. The Morgan fingerprint density at radius 3 is 2.90 bits per heavy atom. The van der Waals surface area contributed by atoms with Crippen LogP contribution in [-0.2, 0) is 11.3 Å². The molecule has 1 rings (SSSR count). The van der Waals surface area contributed by atoms with E-state index in [1.54, 1.807) is 0 Å². The van der Waals surface area contributed by atoms with E-state index in [1.807, 2.05) is 25.1 Å². The van der Waals surface area contributed by atoms with Gasteiger partial charge in [-0.25, -0.2) is 0 Å². The van der Waals surface area contributed by atoms with Gasteiger partial charge in [0.2, 0.25) is 0 Å². The van der Waals surface area contributed by atoms with Gasteiger partial charge in [0, 0.05) is 12.2 Å². The molecule has 0 spiro atoms. The van der Waals surface area contributed by atoms with E-state index < -0.39 is 0 Å². The number of ether oxygens (including phenoxy) is 1. The molecule has 0 aliphatic rings. The molecular weight excluding hydrogens is 268 g/mol. The minimum Gasteiger partial charge on any atom is -0.482 e. The Hall–Kier alpha value is -2.13. The standard InChI is InChI=1S/C15H22N4O2/c1-11(2)8-17-9-13-14(5-4-12(3)19-13)21-10-15(20)18-7-6-16/h4-5,11,17H,7-10H2,1-3H3,(H,18,20). The molecule has 1 heterocycles. The van der Waals surface area contributed by atoms with Crippen molar-refractivity contribution in [3.63, 3.8) is 0 Å². The average molecular weight is 290 g/mol. The average Bonchev–Trinajstić information content (AvgIpc) is 2.43. The summed E-state index contributed by atoms with van der Waals surface area (Å²) in [6.45, 7) is 7.52. The Bertz CT molecular complexity index is 509. The van der Waals surface area contributed by atoms with Gasteiger partial charge in [-0.2, -0.15) is 5.26 Å². The van der Waals surface area contributed by atoms with Gasteiger partial charge in [0.15, 0.2) is 6.61 Å². The van der Waals surface area contributed by atoms with Crippen molar-refractivity contribution in [1.29, 1.82) is 5.26 Å². The zero-order valence-electron chi connectivity index (χ0n) is 12.8. The molecule has 114 valence electrons. The Kier molecular flexibility index (Phi) is 7.19. The summed E-state index contributed by atoms with van der Waals surface area (Å²) in [4.78, 5) is 15.9. The summed E-state index contributed by atoms with van der Waals surface area (Å²) in [5.41, 5.74) is 1.68. The normalized spacial score (nSPS) is 10.2. The lowest BCUT2D eigenvalue weighted by Gasteiger charge is -2.13. The van der Waals surface area contributed by atoms with E-state index in [0.29, 0.717) is 18.2 Å². The maximum absolute atomic E-state index is 11.4. The fourth-order valence-electron chi connectivity index (χ4n) is 1.67. The number of hydrogen-bond donors (Lipinski definition) is 2. The monoisotopic (exact) mass is 290 g/mol. The topological polar surface area (TPSA) is 87.0 Å². The smallest absolute Gasteiger partial charge is 0.258 e. The van der Waals surface area contributed by atoms with Gasteiger partial charge >= 0.3 is 0 Å². The van der Waals surface area contributed by atoms with Crippen molar-refractivity contribution in [2.45, 2.75) is 27.3 Å². The first kappa shape index (κ1) is 16.9. The molecule has 0 radical (unpaired) electrons. The summed E-state index contributed by atoms with van der Waals surface area (Å²) in [5, 5.41) is 14.1. The van der Waals surface area contributed by atoms with Crippen molar-refractivity contribution < 1.29 is 9.53 Å². The molecule has 0 unspecified atom stereocenters. The molecule has 6 heteroatoms. The largest absolute Gasteiger partial charge is 0.482 e. The SMILES string of the molecule is Cc1ccc(OCC(=O)NCC#N)c(CNCC(C)C)n1. The van der Waals surface area contributed by atoms with Crippen molar-refractivity contribution in [3.05, 3.63) is 23.5 Å². The van der Waals surface area contributed by atoms with Crippen molar-refractivity contribution in [2.75, 3.05) is 19.7 Å². The number of pyridine rings is 1. The van der Waals surface area contributed by atoms with Crippen LogP contribution < -0.4 is 15.4 Å². The van der Waals surface area contributed by atoms with Crippen LogP contribution in [0.1, 0.15) is 25.2 Å². The third-order valence-electron chi connectivity index (χ3n) is 2.64. The first-order chi connectivity index (χ1) is 10.0. The fraction of sp³-hybridized carbons (Fsp3) is 0.533. The van der Waals surface area contributed by atoms with Crippen molar-refractivity contribution >= 4 is 5.91 Å². The predicted octanol–water partition coefficient (Wildman–Crippen LogP) is 1.15. The molecule has 1 aromatic heterocycles. The molecule has 0 saturated heterocycles. The van der Waals surface area contributed by atoms with Gasteiger partial charge in [-0.15, -0.1) is 0 Å². The third-order valence-corrected chi connectivity index (χ3v) is 2.64. The van der Waals surface area contributed by atoms with E-state index in [-0.39, 0.29) is 19.1 Å². The highest BCUT2D eigenvalue weighted by molar-refractivity contribution is 5.77. The second-order valence-corrected chi connectivity index (χ2v) is 5.15. The van der Waals surface area contributed by atoms with Crippen LogP contribution in [0.4, 0.5) is 0 Å². The molecule has 0 bridgehead atoms. The molecule has 1 aromatic rings. The molecular formula is C15H22N4O2. The van der Waals surface area contributed by atoms with Crippen LogP contribution in [0.5, 0.6) is 5.75 Å². The summed E-state index contributed by atoms with van der Waals surface area (Å²) in [6.07, 6.45) is 0. The summed E-state index contributed by atoms with van der Waals surface area (Å²) in [5.74, 6) is 0.818. The van der Waals surface area contributed by atoms with E-state index in [2.05, 4.69) is 29.5 Å². The molecule has 0 saturated carbocycles. The van der Waals surface area contributed by atoms with Crippen LogP contribution in [0.3, 0.4) is 0 Å². The molecule has 0 aliphatic carbocycles. The predicted molar refractivity (Wildman–Crippen MR) is 79.6 cm³/mol. The molecule has 6 nitrogen and oxygen atoms in total. The number of rotatable bonds is 8. The Morgan fingerprint density at radius 2 is 2.24 bits per heavy atom. The Balaban J connectivity index is 2.60. The van der Waals surface area contributed by atoms with Gasteiger partial charge in [0.25, 0.3) is 5.91 Å². The quantitative estimate of drug-likeness (QED) is 0.701. The number of aryl methyl sites for hydroxylation is 1. The van der Waals surface area contributed by atoms with Crippen LogP contribution in [0, 0.1) is 24.2 Å². The van der Waals surface area contributed by atoms with Gasteiger partial charge in [-0.1, -0.05) is 13.8 Å². The van der Waals surface area contributed by atoms with Crippen molar-refractivity contribution in [2.24, 2.45) is 5.92 Å². The van der Waals surface area contributed by atoms with E-state index in [4.69, 9.17) is 10.00 Å². The summed E-state index contributed by atoms with van der Waals surface area (Å²) >= 11 is 0. The lowest BCUT2D eigenvalue weighted by atomic mass is 10.2. The number of carbonyl (C=O) groups excluding carboxylic acids is 1. The molecule has 2 N–H and O–H groups in total. The van der Waals surface area contributed by atoms with Gasteiger partial charge in [-0.05, 0) is 31.5 Å². The number of nitriles is 1. The number of aromatic nitrogens is 1. The molecule has 1 amide bonds. The second kappa shape index (κ2) is 8.93. The summed E-state index contributed by atoms with van der Waals surface area (Å²) in [6, 6.07) is 5.50. The molecule has 0 fully saturated rings. The molecule has 21 heavy (non-hydrogen) atoms. The molecule has 0 aliphatic heterocycles. The Morgan fingerprint density at radius 1 is 1.48 bits per heavy atom. The minimum atomic E-state index is -0.321. The van der Waals surface area contributed by atoms with E-state index in [0.717, 1.165) is 17.9 Å². The van der Waals surface area contributed by atoms with E-state index in [1.165, 1.54) is 0 Å². The zero-order chi connectivity index (χ0) is 15.7. The molecule has 0 atom stereocenters. The van der Waals surface area contributed by atoms with Crippen LogP contribution >= 0.6 is 0 Å². The fourth-order valence-corrected chi connectivity index (χ4v) is 1.67. The van der Waals surface area contributed by atoms with Gasteiger partial charge in [-0.3, -0.25) is 9.78 Å². The maximum atomic E-state index is 11.4. The first-order valence-corrected chi connectivity index (χ1v) is 6.96. The highest BCUT2D eigenvalue weighted by Gasteiger charge is 2.08. The number of nitrogens with one attached hydrogen (secondary N) is 2. The Labute approximate surface area is 125 Å². The zero-order valence-corrected chi connectivity index (χ0v) is 12.8. The number of amides is 1.